The van der Waals surface area contributed by atoms with Crippen LogP contribution in [0.3, 0.4) is 0 Å². The van der Waals surface area contributed by atoms with Crippen molar-refractivity contribution >= 4 is 20.4 Å². The van der Waals surface area contributed by atoms with Gasteiger partial charge in [-0.1, -0.05) is 37.6 Å². The van der Waals surface area contributed by atoms with Crippen LogP contribution < -0.4 is 0 Å². The van der Waals surface area contributed by atoms with Crippen LogP contribution in [0.4, 0.5) is 0 Å². The molecule has 0 saturated heterocycles. The number of aromatic nitrogens is 1. The molecule has 1 N–H and O–H groups in total. The number of nitrogens with one attached hydrogen (secondary N) is 1. The molecule has 0 aliphatic heterocycles. The third-order valence-corrected chi connectivity index (χ3v) is 3.78. The minimum atomic E-state index is 0.809. The van der Waals surface area contributed by atoms with Crippen LogP contribution in [0.1, 0.15) is 19.4 Å². The van der Waals surface area contributed by atoms with Crippen molar-refractivity contribution in [1.82, 2.24) is 4.98 Å². The first-order valence-electron chi connectivity index (χ1n) is 5.06. The van der Waals surface area contributed by atoms with Gasteiger partial charge in [-0.15, -0.1) is 0 Å². The zero-order valence-corrected chi connectivity index (χ0v) is 9.67. The molecule has 0 aliphatic carbocycles. The molecule has 0 spiro atoms. The molecule has 0 fully saturated rings. The molecule has 0 unspecified atom stereocenters. The van der Waals surface area contributed by atoms with Crippen LogP contribution in [0, 0.1) is 0 Å². The van der Waals surface area contributed by atoms with Gasteiger partial charge in [0, 0.05) is 26.6 Å². The zero-order chi connectivity index (χ0) is 9.97. The smallest absolute Gasteiger partial charge is 0.0459 e. The normalized spacial score (nSPS) is 11.4. The van der Waals surface area contributed by atoms with Gasteiger partial charge >= 0.3 is 0 Å². The van der Waals surface area contributed by atoms with Crippen molar-refractivity contribution in [3.63, 3.8) is 0 Å². The fourth-order valence-electron chi connectivity index (χ4n) is 1.59. The summed E-state index contributed by atoms with van der Waals surface area (Å²) in [7, 11) is 1.03. The van der Waals surface area contributed by atoms with E-state index in [1.54, 1.807) is 0 Å². The summed E-state index contributed by atoms with van der Waals surface area (Å²) in [6.07, 6.45) is 2.15. The van der Waals surface area contributed by atoms with E-state index in [2.05, 4.69) is 49.3 Å². The lowest BCUT2D eigenvalue weighted by atomic mass is 10.2. The van der Waals surface area contributed by atoms with Gasteiger partial charge < -0.3 is 4.98 Å². The second-order valence-corrected chi connectivity index (χ2v) is 5.81. The summed E-state index contributed by atoms with van der Waals surface area (Å²) >= 11 is 0. The number of rotatable bonds is 3. The average Bonchev–Trinajstić information content (AvgIpc) is 2.58. The maximum absolute atomic E-state index is 3.32. The van der Waals surface area contributed by atoms with Crippen LogP contribution in [0.5, 0.6) is 0 Å². The van der Waals surface area contributed by atoms with Crippen LogP contribution in [-0.4, -0.2) is 14.5 Å². The summed E-state index contributed by atoms with van der Waals surface area (Å²) in [6.45, 7) is 4.57. The first kappa shape index (κ1) is 9.53. The van der Waals surface area contributed by atoms with Gasteiger partial charge in [0.15, 0.2) is 0 Å². The number of H-pyrrole nitrogens is 1. The quantitative estimate of drug-likeness (QED) is 0.734. The van der Waals surface area contributed by atoms with E-state index in [1.165, 1.54) is 22.5 Å². The molecule has 1 aromatic carbocycles. The van der Waals surface area contributed by atoms with Gasteiger partial charge in [0.05, 0.1) is 0 Å². The molecule has 0 amide bonds. The number of para-hydroxylation sites is 1. The molecule has 2 aromatic rings. The van der Waals surface area contributed by atoms with E-state index in [9.17, 15) is 0 Å². The molecule has 1 heterocycles. The molecule has 1 nitrogen and oxygen atoms in total. The van der Waals surface area contributed by atoms with E-state index < -0.39 is 0 Å². The van der Waals surface area contributed by atoms with Crippen molar-refractivity contribution in [2.45, 2.75) is 25.4 Å². The van der Waals surface area contributed by atoms with Crippen molar-refractivity contribution in [1.29, 1.82) is 0 Å². The monoisotopic (exact) mass is 201 g/mol. The van der Waals surface area contributed by atoms with Gasteiger partial charge in [-0.2, -0.15) is 0 Å². The Balaban J connectivity index is 2.25. The van der Waals surface area contributed by atoms with Gasteiger partial charge in [-0.05, 0) is 17.7 Å². The molecule has 2 rings (SSSR count). The fraction of sp³-hybridized carbons (Fsp3) is 0.333. The first-order chi connectivity index (χ1) is 6.77. The second kappa shape index (κ2) is 4.01. The Bertz CT molecular complexity index is 417. The van der Waals surface area contributed by atoms with Crippen molar-refractivity contribution in [2.24, 2.45) is 0 Å². The molecule has 1 aromatic heterocycles. The highest BCUT2D eigenvalue weighted by molar-refractivity contribution is 6.37. The lowest BCUT2D eigenvalue weighted by molar-refractivity contribution is 1.05. The van der Waals surface area contributed by atoms with Crippen molar-refractivity contribution in [2.75, 3.05) is 0 Å². The largest absolute Gasteiger partial charge is 0.361 e. The zero-order valence-electron chi connectivity index (χ0n) is 8.67. The predicted molar refractivity (Wildman–Crippen MR) is 62.9 cm³/mol. The van der Waals surface area contributed by atoms with Crippen LogP contribution in [0.25, 0.3) is 10.9 Å². The van der Waals surface area contributed by atoms with Gasteiger partial charge in [0.25, 0.3) is 0 Å². The molecule has 0 saturated carbocycles. The van der Waals surface area contributed by atoms with Gasteiger partial charge in [0.1, 0.15) is 0 Å². The molecule has 0 atom stereocenters. The highest BCUT2D eigenvalue weighted by Gasteiger charge is 2.03. The molecule has 72 valence electrons. The number of fused-ring (bicyclic) bond motifs is 1. The van der Waals surface area contributed by atoms with Crippen molar-refractivity contribution in [3.8, 4) is 0 Å². The fourth-order valence-corrected chi connectivity index (χ4v) is 2.51. The summed E-state index contributed by atoms with van der Waals surface area (Å²) in [5.74, 6) is 0. The minimum absolute atomic E-state index is 0.809. The highest BCUT2D eigenvalue weighted by Crippen LogP contribution is 2.18. The molecule has 14 heavy (non-hydrogen) atoms. The van der Waals surface area contributed by atoms with E-state index in [0.29, 0.717) is 0 Å². The Labute approximate surface area is 87.4 Å². The summed E-state index contributed by atoms with van der Waals surface area (Å²) in [6, 6.07) is 9.73. The standard InChI is InChI=1S/C12H15NSi/c1-9(2)14-8-10-7-13-12-6-4-3-5-11(10)12/h3-7,9,13H,8H2,1-2H3. The van der Waals surface area contributed by atoms with Gasteiger partial charge in [-0.25, -0.2) is 0 Å². The van der Waals surface area contributed by atoms with Crippen LogP contribution in [0.15, 0.2) is 30.5 Å². The predicted octanol–water partition coefficient (Wildman–Crippen LogP) is 3.20. The molecular weight excluding hydrogens is 186 g/mol. The van der Waals surface area contributed by atoms with Crippen LogP contribution in [-0.2, 0) is 6.04 Å². The topological polar surface area (TPSA) is 15.8 Å². The number of aromatic amines is 1. The lowest BCUT2D eigenvalue weighted by Crippen LogP contribution is -1.99. The summed E-state index contributed by atoms with van der Waals surface area (Å²) in [5.41, 5.74) is 3.53. The summed E-state index contributed by atoms with van der Waals surface area (Å²) in [4.78, 5) is 3.32. The molecule has 2 heteroatoms. The Hall–Kier alpha value is -1.02. The van der Waals surface area contributed by atoms with E-state index >= 15 is 0 Å². The molecule has 2 radical (unpaired) electrons. The molecule has 0 bridgehead atoms. The van der Waals surface area contributed by atoms with E-state index in [4.69, 9.17) is 0 Å². The van der Waals surface area contributed by atoms with E-state index in [-0.39, 0.29) is 0 Å². The van der Waals surface area contributed by atoms with Crippen LogP contribution in [0.2, 0.25) is 5.54 Å². The van der Waals surface area contributed by atoms with Crippen LogP contribution >= 0.6 is 0 Å². The SMILES string of the molecule is CC(C)[Si]Cc1c[nH]c2ccccc12. The lowest BCUT2D eigenvalue weighted by Gasteiger charge is -2.01. The number of hydrogen-bond acceptors (Lipinski definition) is 0. The Kier molecular flexibility index (Phi) is 2.73. The van der Waals surface area contributed by atoms with Gasteiger partial charge in [0.2, 0.25) is 0 Å². The number of hydrogen-bond donors (Lipinski definition) is 1. The second-order valence-electron chi connectivity index (χ2n) is 3.90. The maximum atomic E-state index is 3.32. The Morgan fingerprint density at radius 2 is 2.07 bits per heavy atom. The third kappa shape index (κ3) is 1.90. The Morgan fingerprint density at radius 1 is 1.29 bits per heavy atom. The first-order valence-corrected chi connectivity index (χ1v) is 6.34. The molecular formula is C12H15NSi. The van der Waals surface area contributed by atoms with E-state index in [1.807, 2.05) is 0 Å². The highest BCUT2D eigenvalue weighted by atomic mass is 28.2. The molecule has 0 aliphatic rings. The van der Waals surface area contributed by atoms with Crippen molar-refractivity contribution < 1.29 is 0 Å². The third-order valence-electron chi connectivity index (χ3n) is 2.38. The Morgan fingerprint density at radius 3 is 2.86 bits per heavy atom. The van der Waals surface area contributed by atoms with Gasteiger partial charge in [-0.3, -0.25) is 0 Å². The van der Waals surface area contributed by atoms with E-state index in [0.717, 1.165) is 15.1 Å². The summed E-state index contributed by atoms with van der Waals surface area (Å²) < 4.78 is 0. The summed E-state index contributed by atoms with van der Waals surface area (Å²) in [5, 5.41) is 1.39. The number of benzene rings is 1. The minimum Gasteiger partial charge on any atom is -0.361 e. The van der Waals surface area contributed by atoms with Crippen molar-refractivity contribution in [3.05, 3.63) is 36.0 Å². The maximum Gasteiger partial charge on any atom is 0.0459 e. The average molecular weight is 201 g/mol.